The molecule has 1 aromatic carbocycles. The lowest BCUT2D eigenvalue weighted by atomic mass is 9.71. The quantitative estimate of drug-likeness (QED) is 0.837. The average molecular weight is 292 g/mol. The minimum atomic E-state index is -0.498. The van der Waals surface area contributed by atoms with Crippen molar-refractivity contribution in [2.45, 2.75) is 57.5 Å². The number of fused-ring (bicyclic) bond motifs is 4. The summed E-state index contributed by atoms with van der Waals surface area (Å²) >= 11 is 0. The van der Waals surface area contributed by atoms with Crippen molar-refractivity contribution in [3.8, 4) is 11.5 Å². The zero-order valence-electron chi connectivity index (χ0n) is 13.9. The van der Waals surface area contributed by atoms with Crippen molar-refractivity contribution in [3.05, 3.63) is 23.3 Å². The van der Waals surface area contributed by atoms with E-state index in [1.54, 1.807) is 14.2 Å². The van der Waals surface area contributed by atoms with Gasteiger partial charge in [-0.05, 0) is 44.0 Å². The third-order valence-electron chi connectivity index (χ3n) is 5.21. The van der Waals surface area contributed by atoms with Crippen LogP contribution in [0, 0.1) is 0 Å². The molecular formula is C17H24O4. The Morgan fingerprint density at radius 2 is 1.38 bits per heavy atom. The van der Waals surface area contributed by atoms with Gasteiger partial charge >= 0.3 is 0 Å². The van der Waals surface area contributed by atoms with Gasteiger partial charge in [-0.15, -0.1) is 0 Å². The smallest absolute Gasteiger partial charge is 0.168 e. The van der Waals surface area contributed by atoms with Crippen LogP contribution in [0.3, 0.4) is 0 Å². The molecule has 0 N–H and O–H groups in total. The lowest BCUT2D eigenvalue weighted by Crippen LogP contribution is -2.46. The van der Waals surface area contributed by atoms with Crippen molar-refractivity contribution in [1.29, 1.82) is 0 Å². The van der Waals surface area contributed by atoms with Crippen LogP contribution in [0.5, 0.6) is 11.5 Å². The van der Waals surface area contributed by atoms with Crippen molar-refractivity contribution < 1.29 is 18.9 Å². The largest absolute Gasteiger partial charge is 0.493 e. The molecule has 1 aromatic rings. The Bertz CT molecular complexity index is 591. The molecule has 0 saturated carbocycles. The van der Waals surface area contributed by atoms with Crippen molar-refractivity contribution in [3.63, 3.8) is 0 Å². The van der Waals surface area contributed by atoms with Gasteiger partial charge in [0.15, 0.2) is 17.8 Å². The lowest BCUT2D eigenvalue weighted by molar-refractivity contribution is -0.139. The minimum Gasteiger partial charge on any atom is -0.493 e. The van der Waals surface area contributed by atoms with E-state index in [1.165, 1.54) is 5.56 Å². The highest BCUT2D eigenvalue weighted by molar-refractivity contribution is 5.54. The fourth-order valence-corrected chi connectivity index (χ4v) is 3.38. The minimum absolute atomic E-state index is 0.248. The molecule has 0 aromatic heterocycles. The van der Waals surface area contributed by atoms with E-state index in [4.69, 9.17) is 18.9 Å². The Balaban J connectivity index is 2.31. The number of methoxy groups -OCH3 is 2. The van der Waals surface area contributed by atoms with Crippen LogP contribution in [0.15, 0.2) is 12.1 Å². The maximum absolute atomic E-state index is 6.30. The highest BCUT2D eigenvalue weighted by Crippen LogP contribution is 2.58. The molecule has 2 aliphatic heterocycles. The Labute approximate surface area is 126 Å². The molecule has 2 unspecified atom stereocenters. The van der Waals surface area contributed by atoms with E-state index < -0.39 is 11.2 Å². The first-order valence-corrected chi connectivity index (χ1v) is 7.30. The van der Waals surface area contributed by atoms with Crippen molar-refractivity contribution >= 4 is 0 Å². The van der Waals surface area contributed by atoms with Crippen LogP contribution in [-0.4, -0.2) is 26.1 Å². The summed E-state index contributed by atoms with van der Waals surface area (Å²) in [4.78, 5) is 0. The van der Waals surface area contributed by atoms with E-state index in [9.17, 15) is 0 Å². The SMILES string of the molecule is COc1cc2c(cc1OC)C1(C)OC(OC1(C)C)C2(C)C. The van der Waals surface area contributed by atoms with Crippen LogP contribution in [0.4, 0.5) is 0 Å². The summed E-state index contributed by atoms with van der Waals surface area (Å²) in [7, 11) is 3.31. The summed E-state index contributed by atoms with van der Waals surface area (Å²) in [6, 6.07) is 4.09. The van der Waals surface area contributed by atoms with Crippen LogP contribution in [0.2, 0.25) is 0 Å². The zero-order chi connectivity index (χ0) is 15.6. The first-order valence-electron chi connectivity index (χ1n) is 7.30. The molecule has 2 bridgehead atoms. The zero-order valence-corrected chi connectivity index (χ0v) is 13.9. The molecule has 4 nitrogen and oxygen atoms in total. The Kier molecular flexibility index (Phi) is 2.89. The van der Waals surface area contributed by atoms with Crippen molar-refractivity contribution in [2.75, 3.05) is 14.2 Å². The molecule has 1 saturated heterocycles. The maximum atomic E-state index is 6.30. The summed E-state index contributed by atoms with van der Waals surface area (Å²) in [5, 5.41) is 0. The van der Waals surface area contributed by atoms with Gasteiger partial charge in [0.1, 0.15) is 5.60 Å². The van der Waals surface area contributed by atoms with Gasteiger partial charge < -0.3 is 18.9 Å². The number of hydrogen-bond acceptors (Lipinski definition) is 4. The predicted molar refractivity (Wildman–Crippen MR) is 80.0 cm³/mol. The van der Waals surface area contributed by atoms with Gasteiger partial charge in [0.05, 0.1) is 19.8 Å². The highest BCUT2D eigenvalue weighted by atomic mass is 16.8. The van der Waals surface area contributed by atoms with Crippen LogP contribution in [-0.2, 0) is 20.5 Å². The fourth-order valence-electron chi connectivity index (χ4n) is 3.38. The predicted octanol–water partition coefficient (Wildman–Crippen LogP) is 3.36. The molecule has 21 heavy (non-hydrogen) atoms. The lowest BCUT2D eigenvalue weighted by Gasteiger charge is -2.42. The summed E-state index contributed by atoms with van der Waals surface area (Å²) in [6.45, 7) is 10.5. The van der Waals surface area contributed by atoms with Crippen molar-refractivity contribution in [1.82, 2.24) is 0 Å². The van der Waals surface area contributed by atoms with Crippen LogP contribution in [0.1, 0.15) is 45.7 Å². The van der Waals surface area contributed by atoms with Gasteiger partial charge in [0, 0.05) is 5.41 Å². The molecule has 0 amide bonds. The summed E-state index contributed by atoms with van der Waals surface area (Å²) in [5.74, 6) is 1.46. The molecule has 3 rings (SSSR count). The van der Waals surface area contributed by atoms with Gasteiger partial charge in [0.2, 0.25) is 0 Å². The number of ether oxygens (including phenoxy) is 4. The van der Waals surface area contributed by atoms with E-state index in [0.29, 0.717) is 0 Å². The molecule has 2 heterocycles. The molecular weight excluding hydrogens is 268 g/mol. The monoisotopic (exact) mass is 292 g/mol. The third-order valence-corrected chi connectivity index (χ3v) is 5.21. The fraction of sp³-hybridized carbons (Fsp3) is 0.647. The van der Waals surface area contributed by atoms with Gasteiger partial charge in [-0.1, -0.05) is 13.8 Å². The Morgan fingerprint density at radius 3 is 1.90 bits per heavy atom. The van der Waals surface area contributed by atoms with E-state index in [2.05, 4.69) is 40.7 Å². The Hall–Kier alpha value is -1.26. The molecule has 1 fully saturated rings. The average Bonchev–Trinajstić information content (AvgIpc) is 2.66. The first kappa shape index (κ1) is 14.7. The molecule has 2 aliphatic rings. The summed E-state index contributed by atoms with van der Waals surface area (Å²) in [6.07, 6.45) is -0.261. The molecule has 0 aliphatic carbocycles. The van der Waals surface area contributed by atoms with Gasteiger partial charge in [-0.2, -0.15) is 0 Å². The van der Waals surface area contributed by atoms with E-state index >= 15 is 0 Å². The number of benzene rings is 1. The van der Waals surface area contributed by atoms with Crippen LogP contribution < -0.4 is 9.47 Å². The van der Waals surface area contributed by atoms with Gasteiger partial charge in [0.25, 0.3) is 0 Å². The van der Waals surface area contributed by atoms with E-state index in [-0.39, 0.29) is 11.7 Å². The van der Waals surface area contributed by atoms with E-state index in [1.807, 2.05) is 6.07 Å². The van der Waals surface area contributed by atoms with E-state index in [0.717, 1.165) is 17.1 Å². The Morgan fingerprint density at radius 1 is 0.857 bits per heavy atom. The third kappa shape index (κ3) is 1.69. The highest BCUT2D eigenvalue weighted by Gasteiger charge is 2.62. The topological polar surface area (TPSA) is 36.9 Å². The van der Waals surface area contributed by atoms with Gasteiger partial charge in [-0.25, -0.2) is 0 Å². The maximum Gasteiger partial charge on any atom is 0.168 e. The molecule has 2 atom stereocenters. The normalized spacial score (nSPS) is 31.7. The van der Waals surface area contributed by atoms with Crippen molar-refractivity contribution in [2.24, 2.45) is 0 Å². The molecule has 0 spiro atoms. The molecule has 0 radical (unpaired) electrons. The second-order valence-corrected chi connectivity index (χ2v) is 7.09. The second kappa shape index (κ2) is 4.14. The van der Waals surface area contributed by atoms with Crippen LogP contribution in [0.25, 0.3) is 0 Å². The second-order valence-electron chi connectivity index (χ2n) is 7.09. The molecule has 116 valence electrons. The van der Waals surface area contributed by atoms with Crippen LogP contribution >= 0.6 is 0 Å². The molecule has 4 heteroatoms. The number of rotatable bonds is 2. The number of hydrogen-bond donors (Lipinski definition) is 0. The summed E-state index contributed by atoms with van der Waals surface area (Å²) in [5.41, 5.74) is 1.16. The summed E-state index contributed by atoms with van der Waals surface area (Å²) < 4.78 is 23.4. The first-order chi connectivity index (χ1) is 9.67. The standard InChI is InChI=1S/C17H24O4/c1-15(2)10-8-12(18-6)13(19-7)9-11(10)17(5)16(3,4)20-14(15)21-17/h8-9,14H,1-7H3. The van der Waals surface area contributed by atoms with Gasteiger partial charge in [-0.3, -0.25) is 0 Å².